The van der Waals surface area contributed by atoms with Crippen LogP contribution in [0.4, 0.5) is 0 Å². The molecule has 1 saturated carbocycles. The number of Topliss-reactive ketones (excluding diaryl/α,β-unsaturated/α-hetero) is 1. The molecular weight excluding hydrogens is 388 g/mol. The van der Waals surface area contributed by atoms with Gasteiger partial charge in [0.05, 0.1) is 11.7 Å². The number of ketones is 1. The Labute approximate surface area is 175 Å². The zero-order chi connectivity index (χ0) is 20.8. The predicted octanol–water partition coefficient (Wildman–Crippen LogP) is 4.73. The van der Waals surface area contributed by atoms with E-state index in [9.17, 15) is 14.7 Å². The van der Waals surface area contributed by atoms with Gasteiger partial charge >= 0.3 is 5.97 Å². The molecular formula is C24H25ClO4. The molecule has 3 rings (SSSR count). The van der Waals surface area contributed by atoms with E-state index in [4.69, 9.17) is 16.7 Å². The Kier molecular flexibility index (Phi) is 7.24. The minimum Gasteiger partial charge on any atom is -0.478 e. The number of benzene rings is 2. The Balaban J connectivity index is 1.56. The number of carboxylic acid groups (broad SMARTS) is 1. The van der Waals surface area contributed by atoms with Crippen molar-refractivity contribution in [3.05, 3.63) is 82.4 Å². The lowest BCUT2D eigenvalue weighted by Gasteiger charge is -2.16. The van der Waals surface area contributed by atoms with Crippen molar-refractivity contribution >= 4 is 23.4 Å². The number of hydrogen-bond donors (Lipinski definition) is 2. The van der Waals surface area contributed by atoms with Crippen molar-refractivity contribution in [3.63, 3.8) is 0 Å². The van der Waals surface area contributed by atoms with Gasteiger partial charge in [0.15, 0.2) is 0 Å². The SMILES string of the molecule is O=C(O)c1ccc(CCC2C(=O)CC[C@@H]2/C=C/C(O)Cc2cccc(Cl)c2)cc1. The summed E-state index contributed by atoms with van der Waals surface area (Å²) in [6.07, 6.45) is 6.48. The predicted molar refractivity (Wildman–Crippen MR) is 113 cm³/mol. The molecule has 2 aromatic rings. The van der Waals surface area contributed by atoms with Crippen molar-refractivity contribution < 1.29 is 19.8 Å². The molecule has 1 fully saturated rings. The monoisotopic (exact) mass is 412 g/mol. The first-order valence-corrected chi connectivity index (χ1v) is 10.3. The second kappa shape index (κ2) is 9.86. The molecule has 2 aromatic carbocycles. The third-order valence-electron chi connectivity index (χ3n) is 5.51. The standard InChI is InChI=1S/C24H25ClO4/c25-20-3-1-2-17(14-20)15-21(26)11-9-18-10-13-23(27)22(18)12-6-16-4-7-19(8-5-16)24(28)29/h1-5,7-9,11,14,18,21-22,26H,6,10,12-13,15H2,(H,28,29)/b11-9+/t18-,21?,22?/m0/s1. The molecule has 0 aliphatic heterocycles. The molecule has 0 amide bonds. The number of rotatable bonds is 8. The second-order valence-corrected chi connectivity index (χ2v) is 8.04. The van der Waals surface area contributed by atoms with E-state index < -0.39 is 12.1 Å². The molecule has 0 spiro atoms. The van der Waals surface area contributed by atoms with Gasteiger partial charge in [0.25, 0.3) is 0 Å². The third kappa shape index (κ3) is 6.02. The van der Waals surface area contributed by atoms with E-state index in [1.807, 2.05) is 36.4 Å². The molecule has 0 bridgehead atoms. The summed E-state index contributed by atoms with van der Waals surface area (Å²) in [6.45, 7) is 0. The second-order valence-electron chi connectivity index (χ2n) is 7.60. The topological polar surface area (TPSA) is 74.6 Å². The summed E-state index contributed by atoms with van der Waals surface area (Å²) < 4.78 is 0. The summed E-state index contributed by atoms with van der Waals surface area (Å²) in [7, 11) is 0. The molecule has 0 saturated heterocycles. The molecule has 152 valence electrons. The lowest BCUT2D eigenvalue weighted by Crippen LogP contribution is -2.15. The Morgan fingerprint density at radius 1 is 1.17 bits per heavy atom. The maximum Gasteiger partial charge on any atom is 0.335 e. The van der Waals surface area contributed by atoms with Crippen LogP contribution in [-0.2, 0) is 17.6 Å². The normalized spacial score (nSPS) is 20.3. The number of halogens is 1. The van der Waals surface area contributed by atoms with Crippen LogP contribution in [-0.4, -0.2) is 28.1 Å². The molecule has 29 heavy (non-hydrogen) atoms. The smallest absolute Gasteiger partial charge is 0.335 e. The number of aromatic carboxylic acids is 1. The molecule has 4 nitrogen and oxygen atoms in total. The van der Waals surface area contributed by atoms with E-state index in [0.29, 0.717) is 17.9 Å². The Hall–Kier alpha value is -2.43. The largest absolute Gasteiger partial charge is 0.478 e. The first kappa shape index (κ1) is 21.3. The number of aryl methyl sites for hydroxylation is 1. The van der Waals surface area contributed by atoms with Crippen LogP contribution in [0.25, 0.3) is 0 Å². The van der Waals surface area contributed by atoms with Crippen LogP contribution in [0, 0.1) is 11.8 Å². The number of carbonyl (C=O) groups excluding carboxylic acids is 1. The maximum absolute atomic E-state index is 12.3. The summed E-state index contributed by atoms with van der Waals surface area (Å²) in [5.41, 5.74) is 2.26. The van der Waals surface area contributed by atoms with Gasteiger partial charge in [-0.05, 0) is 60.6 Å². The van der Waals surface area contributed by atoms with E-state index in [1.165, 1.54) is 0 Å². The third-order valence-corrected chi connectivity index (χ3v) is 5.75. The van der Waals surface area contributed by atoms with Gasteiger partial charge in [0, 0.05) is 23.8 Å². The number of carboxylic acids is 1. The fourth-order valence-electron chi connectivity index (χ4n) is 3.92. The van der Waals surface area contributed by atoms with Gasteiger partial charge in [-0.2, -0.15) is 0 Å². The summed E-state index contributed by atoms with van der Waals surface area (Å²) in [4.78, 5) is 23.3. The number of aliphatic hydroxyl groups is 1. The molecule has 0 radical (unpaired) electrons. The van der Waals surface area contributed by atoms with Gasteiger partial charge in [-0.3, -0.25) is 4.79 Å². The lowest BCUT2D eigenvalue weighted by molar-refractivity contribution is -0.121. The van der Waals surface area contributed by atoms with Crippen LogP contribution in [0.1, 0.15) is 40.7 Å². The fourth-order valence-corrected chi connectivity index (χ4v) is 4.13. The average molecular weight is 413 g/mol. The number of hydrogen-bond acceptors (Lipinski definition) is 3. The molecule has 2 unspecified atom stereocenters. The van der Waals surface area contributed by atoms with Gasteiger partial charge < -0.3 is 10.2 Å². The lowest BCUT2D eigenvalue weighted by atomic mass is 9.88. The van der Waals surface area contributed by atoms with Gasteiger partial charge in [-0.25, -0.2) is 4.79 Å². The zero-order valence-corrected chi connectivity index (χ0v) is 16.9. The van der Waals surface area contributed by atoms with E-state index in [0.717, 1.165) is 30.4 Å². The van der Waals surface area contributed by atoms with Crippen molar-refractivity contribution in [1.29, 1.82) is 0 Å². The van der Waals surface area contributed by atoms with Crippen LogP contribution >= 0.6 is 11.6 Å². The van der Waals surface area contributed by atoms with Crippen LogP contribution in [0.2, 0.25) is 5.02 Å². The van der Waals surface area contributed by atoms with E-state index >= 15 is 0 Å². The quantitative estimate of drug-likeness (QED) is 0.615. The first-order valence-electron chi connectivity index (χ1n) is 9.88. The van der Waals surface area contributed by atoms with Crippen molar-refractivity contribution in [2.24, 2.45) is 11.8 Å². The Morgan fingerprint density at radius 3 is 2.62 bits per heavy atom. The summed E-state index contributed by atoms with van der Waals surface area (Å²) in [5, 5.41) is 20.0. The van der Waals surface area contributed by atoms with E-state index in [2.05, 4.69) is 0 Å². The highest BCUT2D eigenvalue weighted by Crippen LogP contribution is 2.33. The molecule has 0 heterocycles. The van der Waals surface area contributed by atoms with Gasteiger partial charge in [-0.1, -0.05) is 48.0 Å². The highest BCUT2D eigenvalue weighted by molar-refractivity contribution is 6.30. The fraction of sp³-hybridized carbons (Fsp3) is 0.333. The van der Waals surface area contributed by atoms with Crippen LogP contribution < -0.4 is 0 Å². The average Bonchev–Trinajstić information content (AvgIpc) is 3.04. The Morgan fingerprint density at radius 2 is 1.93 bits per heavy atom. The summed E-state index contributed by atoms with van der Waals surface area (Å²) >= 11 is 5.99. The molecule has 0 aromatic heterocycles. The highest BCUT2D eigenvalue weighted by atomic mass is 35.5. The van der Waals surface area contributed by atoms with Crippen molar-refractivity contribution in [3.8, 4) is 0 Å². The molecule has 2 N–H and O–H groups in total. The van der Waals surface area contributed by atoms with Gasteiger partial charge in [0.2, 0.25) is 0 Å². The number of allylic oxidation sites excluding steroid dienone is 1. The summed E-state index contributed by atoms with van der Waals surface area (Å²) in [6, 6.07) is 14.2. The molecule has 3 atom stereocenters. The van der Waals surface area contributed by atoms with Crippen LogP contribution in [0.3, 0.4) is 0 Å². The van der Waals surface area contributed by atoms with Gasteiger partial charge in [-0.15, -0.1) is 0 Å². The first-order chi connectivity index (χ1) is 13.9. The molecule has 1 aliphatic rings. The Bertz CT molecular complexity index is 888. The van der Waals surface area contributed by atoms with Crippen molar-refractivity contribution in [2.75, 3.05) is 0 Å². The van der Waals surface area contributed by atoms with Crippen LogP contribution in [0.15, 0.2) is 60.7 Å². The highest BCUT2D eigenvalue weighted by Gasteiger charge is 2.32. The maximum atomic E-state index is 12.3. The van der Waals surface area contributed by atoms with E-state index in [-0.39, 0.29) is 23.2 Å². The van der Waals surface area contributed by atoms with Crippen molar-refractivity contribution in [2.45, 2.75) is 38.2 Å². The zero-order valence-electron chi connectivity index (χ0n) is 16.1. The van der Waals surface area contributed by atoms with Crippen molar-refractivity contribution in [1.82, 2.24) is 0 Å². The minimum atomic E-state index is -0.941. The summed E-state index contributed by atoms with van der Waals surface area (Å²) in [5.74, 6) is -0.589. The molecule has 5 heteroatoms. The number of carbonyl (C=O) groups is 2. The minimum absolute atomic E-state index is 0.0521. The van der Waals surface area contributed by atoms with Crippen LogP contribution in [0.5, 0.6) is 0 Å². The van der Waals surface area contributed by atoms with Gasteiger partial charge in [0.1, 0.15) is 5.78 Å². The molecule has 1 aliphatic carbocycles. The van der Waals surface area contributed by atoms with E-state index in [1.54, 1.807) is 24.3 Å². The number of aliphatic hydroxyl groups excluding tert-OH is 1.